The Kier molecular flexibility index (Phi) is 8.74. The zero-order chi connectivity index (χ0) is 27.1. The number of ether oxygens (including phenoxy) is 5. The molecule has 2 aliphatic heterocycles. The van der Waals surface area contributed by atoms with Gasteiger partial charge in [-0.2, -0.15) is 0 Å². The average Bonchev–Trinajstić information content (AvgIpc) is 3.05. The molecule has 0 spiro atoms. The third-order valence-corrected chi connectivity index (χ3v) is 7.13. The fraction of sp³-hybridized carbons (Fsp3) is 0.476. The van der Waals surface area contributed by atoms with E-state index in [2.05, 4.69) is 0 Å². The second-order valence-corrected chi connectivity index (χ2v) is 9.22. The van der Waals surface area contributed by atoms with Crippen LogP contribution in [0.15, 0.2) is 0 Å². The van der Waals surface area contributed by atoms with Crippen LogP contribution in [-0.4, -0.2) is 79.0 Å². The molecule has 1 aromatic rings. The minimum Gasteiger partial charge on any atom is -0.463 e. The van der Waals surface area contributed by atoms with Crippen LogP contribution in [0.25, 0.3) is 0 Å². The summed E-state index contributed by atoms with van der Waals surface area (Å²) in [4.78, 5) is 63.0. The van der Waals surface area contributed by atoms with Crippen LogP contribution < -0.4 is 0 Å². The highest BCUT2D eigenvalue weighted by atomic mass is 35.5. The molecule has 2 aliphatic rings. The van der Waals surface area contributed by atoms with Gasteiger partial charge in [-0.15, -0.1) is 0 Å². The number of hydrogen-bond donors (Lipinski definition) is 0. The fourth-order valence-electron chi connectivity index (χ4n) is 3.99. The first-order valence-electron chi connectivity index (χ1n) is 10.2. The number of carbonyl (C=O) groups is 5. The summed E-state index contributed by atoms with van der Waals surface area (Å²) in [6.07, 6.45) is -5.58. The third-order valence-electron chi connectivity index (χ3n) is 5.33. The number of methoxy groups -OCH3 is 1. The van der Waals surface area contributed by atoms with Gasteiger partial charge in [-0.25, -0.2) is 0 Å². The van der Waals surface area contributed by atoms with Gasteiger partial charge in [0.15, 0.2) is 18.5 Å². The Morgan fingerprint density at radius 2 is 1.28 bits per heavy atom. The van der Waals surface area contributed by atoms with Crippen molar-refractivity contribution in [3.8, 4) is 0 Å². The largest absolute Gasteiger partial charge is 0.463 e. The van der Waals surface area contributed by atoms with Gasteiger partial charge in [0, 0.05) is 27.9 Å². The number of fused-ring (bicyclic) bond motifs is 1. The molecule has 11 nitrogen and oxygen atoms in total. The van der Waals surface area contributed by atoms with Crippen LogP contribution in [0.3, 0.4) is 0 Å². The zero-order valence-corrected chi connectivity index (χ0v) is 22.2. The maximum atomic E-state index is 13.5. The van der Waals surface area contributed by atoms with Gasteiger partial charge in [-0.3, -0.25) is 28.9 Å². The molecule has 2 amide bonds. The lowest BCUT2D eigenvalue weighted by Gasteiger charge is -2.46. The van der Waals surface area contributed by atoms with E-state index < -0.39 is 67.0 Å². The minimum absolute atomic E-state index is 0.246. The normalized spacial score (nSPS) is 25.4. The number of amides is 2. The molecule has 0 aromatic heterocycles. The first kappa shape index (κ1) is 28.4. The summed E-state index contributed by atoms with van der Waals surface area (Å²) in [6.45, 7) is 2.86. The molecule has 0 unspecified atom stereocenters. The number of esters is 3. The number of imide groups is 1. The van der Waals surface area contributed by atoms with Crippen molar-refractivity contribution in [1.29, 1.82) is 0 Å². The molecule has 1 fully saturated rings. The summed E-state index contributed by atoms with van der Waals surface area (Å²) in [5.41, 5.74) is -0.660. The first-order valence-corrected chi connectivity index (χ1v) is 11.7. The van der Waals surface area contributed by atoms with Crippen LogP contribution in [0.2, 0.25) is 20.1 Å². The number of hydrogen-bond acceptors (Lipinski definition) is 10. The maximum Gasteiger partial charge on any atom is 0.303 e. The molecule has 2 heterocycles. The Morgan fingerprint density at radius 3 is 1.69 bits per heavy atom. The number of carbonyl (C=O) groups excluding carboxylic acids is 5. The van der Waals surface area contributed by atoms with E-state index in [0.29, 0.717) is 4.90 Å². The lowest BCUT2D eigenvalue weighted by molar-refractivity contribution is -0.279. The van der Waals surface area contributed by atoms with Crippen molar-refractivity contribution in [2.45, 2.75) is 51.4 Å². The van der Waals surface area contributed by atoms with Gasteiger partial charge < -0.3 is 23.7 Å². The number of halogens is 4. The molecule has 0 radical (unpaired) electrons. The molecule has 15 heteroatoms. The van der Waals surface area contributed by atoms with Crippen LogP contribution in [-0.2, 0) is 38.1 Å². The highest BCUT2D eigenvalue weighted by molar-refractivity contribution is 6.55. The highest BCUT2D eigenvalue weighted by Gasteiger charge is 2.58. The van der Waals surface area contributed by atoms with Gasteiger partial charge in [0.1, 0.15) is 18.8 Å². The topological polar surface area (TPSA) is 135 Å². The summed E-state index contributed by atoms with van der Waals surface area (Å²) < 4.78 is 26.9. The van der Waals surface area contributed by atoms with E-state index in [1.165, 1.54) is 7.11 Å². The maximum absolute atomic E-state index is 13.5. The highest BCUT2D eigenvalue weighted by Crippen LogP contribution is 2.46. The number of benzene rings is 1. The molecule has 1 aromatic carbocycles. The van der Waals surface area contributed by atoms with E-state index >= 15 is 0 Å². The van der Waals surface area contributed by atoms with Crippen LogP contribution in [0.4, 0.5) is 0 Å². The Labute approximate surface area is 224 Å². The predicted octanol–water partition coefficient (Wildman–Crippen LogP) is 3.06. The average molecular weight is 587 g/mol. The van der Waals surface area contributed by atoms with Crippen molar-refractivity contribution in [3.63, 3.8) is 0 Å². The molecule has 0 aliphatic carbocycles. The molecule has 5 atom stereocenters. The molecular weight excluding hydrogens is 568 g/mol. The summed E-state index contributed by atoms with van der Waals surface area (Å²) in [5.74, 6) is -4.25. The molecule has 0 N–H and O–H groups in total. The quantitative estimate of drug-likeness (QED) is 0.161. The van der Waals surface area contributed by atoms with Gasteiger partial charge in [0.2, 0.25) is 0 Å². The molecule has 0 saturated carbocycles. The molecule has 196 valence electrons. The summed E-state index contributed by atoms with van der Waals surface area (Å²) in [5, 5.41) is -1.13. The second-order valence-electron chi connectivity index (χ2n) is 7.71. The number of nitrogens with zero attached hydrogens (tertiary/aromatic N) is 1. The summed E-state index contributed by atoms with van der Waals surface area (Å²) in [6, 6.07) is -1.51. The predicted molar refractivity (Wildman–Crippen MR) is 124 cm³/mol. The molecular formula is C21H19Cl4NO10. The van der Waals surface area contributed by atoms with Crippen LogP contribution in [0.1, 0.15) is 41.5 Å². The Bertz CT molecular complexity index is 1100. The monoisotopic (exact) mass is 585 g/mol. The molecule has 36 heavy (non-hydrogen) atoms. The van der Waals surface area contributed by atoms with E-state index in [4.69, 9.17) is 70.1 Å². The Hall–Kier alpha value is -2.15. The summed E-state index contributed by atoms with van der Waals surface area (Å²) in [7, 11) is 1.20. The van der Waals surface area contributed by atoms with Crippen molar-refractivity contribution >= 4 is 76.1 Å². The first-order chi connectivity index (χ1) is 16.8. The third kappa shape index (κ3) is 5.13. The van der Waals surface area contributed by atoms with Crippen molar-refractivity contribution in [2.75, 3.05) is 13.7 Å². The molecule has 1 saturated heterocycles. The molecule has 3 rings (SSSR count). The van der Waals surface area contributed by atoms with E-state index in [0.717, 1.165) is 20.8 Å². The lowest BCUT2D eigenvalue weighted by Crippen LogP contribution is -2.67. The van der Waals surface area contributed by atoms with Gasteiger partial charge >= 0.3 is 17.9 Å². The molecule has 0 bridgehead atoms. The van der Waals surface area contributed by atoms with Gasteiger partial charge in [-0.05, 0) is 0 Å². The zero-order valence-electron chi connectivity index (χ0n) is 19.1. The number of rotatable bonds is 6. The van der Waals surface area contributed by atoms with E-state index in [1.54, 1.807) is 0 Å². The Morgan fingerprint density at radius 1 is 0.806 bits per heavy atom. The van der Waals surface area contributed by atoms with Crippen LogP contribution >= 0.6 is 46.4 Å². The van der Waals surface area contributed by atoms with Crippen LogP contribution in [0.5, 0.6) is 0 Å². The van der Waals surface area contributed by atoms with E-state index in [-0.39, 0.29) is 31.2 Å². The second kappa shape index (κ2) is 11.1. The van der Waals surface area contributed by atoms with Crippen molar-refractivity contribution in [3.05, 3.63) is 31.2 Å². The standard InChI is InChI=1S/C21H19Cl4NO10/c1-6(27)33-5-9-17(34-7(2)28)18(35-8(3)29)16(21(32-4)36-9)26-19(30)10-11(20(26)31)13(23)15(25)14(24)12(10)22/h9,16-18,21H,5H2,1-4H3/t9-,16-,17-,18-,21-/m1/s1. The Balaban J connectivity index is 2.15. The van der Waals surface area contributed by atoms with Crippen LogP contribution in [0, 0.1) is 0 Å². The van der Waals surface area contributed by atoms with Crippen molar-refractivity contribution in [2.24, 2.45) is 0 Å². The van der Waals surface area contributed by atoms with E-state index in [1.807, 2.05) is 0 Å². The SMILES string of the molecule is CO[C@@H]1O[C@H](COC(C)=O)[C@@H](OC(C)=O)[C@H](OC(C)=O)[C@H]1N1C(=O)c2c(Cl)c(Cl)c(Cl)c(Cl)c2C1=O. The fourth-order valence-corrected chi connectivity index (χ4v) is 5.00. The van der Waals surface area contributed by atoms with Crippen molar-refractivity contribution < 1.29 is 47.7 Å². The van der Waals surface area contributed by atoms with Crippen molar-refractivity contribution in [1.82, 2.24) is 4.90 Å². The lowest BCUT2D eigenvalue weighted by atomic mass is 9.94. The summed E-state index contributed by atoms with van der Waals surface area (Å²) >= 11 is 24.6. The minimum atomic E-state index is -1.52. The smallest absolute Gasteiger partial charge is 0.303 e. The van der Waals surface area contributed by atoms with Gasteiger partial charge in [-0.1, -0.05) is 46.4 Å². The van der Waals surface area contributed by atoms with Gasteiger partial charge in [0.25, 0.3) is 11.8 Å². The van der Waals surface area contributed by atoms with E-state index in [9.17, 15) is 24.0 Å². The van der Waals surface area contributed by atoms with Gasteiger partial charge in [0.05, 0.1) is 31.2 Å².